The molecule has 1 saturated heterocycles. The summed E-state index contributed by atoms with van der Waals surface area (Å²) in [7, 11) is 1.55. The third kappa shape index (κ3) is 4.88. The van der Waals surface area contributed by atoms with Gasteiger partial charge in [0.25, 0.3) is 5.91 Å². The van der Waals surface area contributed by atoms with Crippen molar-refractivity contribution in [3.05, 3.63) is 57.8 Å². The topological polar surface area (TPSA) is 96.6 Å². The Bertz CT molecular complexity index is 1150. The fourth-order valence-electron chi connectivity index (χ4n) is 3.52. The summed E-state index contributed by atoms with van der Waals surface area (Å²) in [4.78, 5) is 34.5. The van der Waals surface area contributed by atoms with Crippen LogP contribution in [0.15, 0.2) is 36.4 Å². The number of carbonyl (C=O) groups excluding carboxylic acids is 2. The predicted octanol–water partition coefficient (Wildman–Crippen LogP) is 4.09. The van der Waals surface area contributed by atoms with Crippen LogP contribution in [0.4, 0.5) is 5.69 Å². The second kappa shape index (κ2) is 9.87. The lowest BCUT2D eigenvalue weighted by molar-refractivity contribution is -0.118. The first-order valence-corrected chi connectivity index (χ1v) is 10.8. The molecule has 0 unspecified atom stereocenters. The molecule has 3 aromatic rings. The standard InChI is InChI=1S/C22H22Cl2N4O4/c1-31-11-18(21-25-16-6-5-14(23)10-17(16)26-21)27-22(30)13-4-7-19(15(24)9-13)28-12-32-8-2-3-20(28)29/h4-7,9-10,18H,2-3,8,11-12H2,1H3,(H,25,26)(H,27,30)/t18-/m0/s1. The highest BCUT2D eigenvalue weighted by atomic mass is 35.5. The highest BCUT2D eigenvalue weighted by Gasteiger charge is 2.23. The zero-order valence-electron chi connectivity index (χ0n) is 17.4. The fraction of sp³-hybridized carbons (Fsp3) is 0.318. The van der Waals surface area contributed by atoms with Crippen LogP contribution in [0.3, 0.4) is 0 Å². The fourth-order valence-corrected chi connectivity index (χ4v) is 3.98. The van der Waals surface area contributed by atoms with Crippen LogP contribution in [0.1, 0.15) is 35.1 Å². The van der Waals surface area contributed by atoms with E-state index >= 15 is 0 Å². The number of imidazole rings is 1. The molecule has 4 rings (SSSR count). The van der Waals surface area contributed by atoms with E-state index in [2.05, 4.69) is 15.3 Å². The number of hydrogen-bond donors (Lipinski definition) is 2. The first-order chi connectivity index (χ1) is 15.5. The smallest absolute Gasteiger partial charge is 0.252 e. The Morgan fingerprint density at radius 2 is 2.16 bits per heavy atom. The molecule has 8 nitrogen and oxygen atoms in total. The van der Waals surface area contributed by atoms with E-state index in [9.17, 15) is 9.59 Å². The van der Waals surface area contributed by atoms with E-state index in [-0.39, 0.29) is 30.2 Å². The lowest BCUT2D eigenvalue weighted by Crippen LogP contribution is -2.33. The van der Waals surface area contributed by atoms with Gasteiger partial charge >= 0.3 is 0 Å². The van der Waals surface area contributed by atoms with Gasteiger partial charge in [-0.25, -0.2) is 4.98 Å². The molecular formula is C22H22Cl2N4O4. The number of carbonyl (C=O) groups is 2. The monoisotopic (exact) mass is 476 g/mol. The van der Waals surface area contributed by atoms with Crippen LogP contribution >= 0.6 is 23.2 Å². The number of aromatic amines is 1. The summed E-state index contributed by atoms with van der Waals surface area (Å²) in [6, 6.07) is 9.61. The zero-order chi connectivity index (χ0) is 22.7. The van der Waals surface area contributed by atoms with Crippen molar-refractivity contribution < 1.29 is 19.1 Å². The third-order valence-corrected chi connectivity index (χ3v) is 5.67. The number of rotatable bonds is 6. The minimum atomic E-state index is -0.516. The van der Waals surface area contributed by atoms with Crippen LogP contribution in [-0.2, 0) is 14.3 Å². The zero-order valence-corrected chi connectivity index (χ0v) is 18.9. The maximum absolute atomic E-state index is 12.9. The van der Waals surface area contributed by atoms with Gasteiger partial charge in [0.15, 0.2) is 0 Å². The van der Waals surface area contributed by atoms with Crippen molar-refractivity contribution >= 4 is 51.7 Å². The molecule has 168 valence electrons. The summed E-state index contributed by atoms with van der Waals surface area (Å²) < 4.78 is 10.7. The van der Waals surface area contributed by atoms with Crippen LogP contribution in [0.25, 0.3) is 11.0 Å². The molecule has 32 heavy (non-hydrogen) atoms. The molecule has 1 aliphatic heterocycles. The van der Waals surface area contributed by atoms with Crippen LogP contribution < -0.4 is 10.2 Å². The van der Waals surface area contributed by atoms with Crippen molar-refractivity contribution in [2.45, 2.75) is 18.9 Å². The molecule has 2 N–H and O–H groups in total. The van der Waals surface area contributed by atoms with Gasteiger partial charge in [0, 0.05) is 30.7 Å². The Balaban J connectivity index is 1.54. The second-order valence-electron chi connectivity index (χ2n) is 7.39. The van der Waals surface area contributed by atoms with Gasteiger partial charge < -0.3 is 19.8 Å². The summed E-state index contributed by atoms with van der Waals surface area (Å²) in [6.45, 7) is 0.871. The maximum Gasteiger partial charge on any atom is 0.252 e. The van der Waals surface area contributed by atoms with Crippen LogP contribution in [0, 0.1) is 0 Å². The van der Waals surface area contributed by atoms with E-state index in [0.29, 0.717) is 41.5 Å². The Labute approximate surface area is 194 Å². The van der Waals surface area contributed by atoms with Crippen molar-refractivity contribution in [2.24, 2.45) is 0 Å². The lowest BCUT2D eigenvalue weighted by atomic mass is 10.1. The Morgan fingerprint density at radius 1 is 1.31 bits per heavy atom. The maximum atomic E-state index is 12.9. The van der Waals surface area contributed by atoms with E-state index in [1.807, 2.05) is 0 Å². The number of nitrogens with zero attached hydrogens (tertiary/aromatic N) is 2. The minimum Gasteiger partial charge on any atom is -0.382 e. The molecular weight excluding hydrogens is 455 g/mol. The molecule has 2 aromatic carbocycles. The largest absolute Gasteiger partial charge is 0.382 e. The lowest BCUT2D eigenvalue weighted by Gasteiger charge is -2.22. The normalized spacial score (nSPS) is 15.6. The van der Waals surface area contributed by atoms with E-state index in [0.717, 1.165) is 11.0 Å². The van der Waals surface area contributed by atoms with Gasteiger partial charge in [-0.3, -0.25) is 14.5 Å². The SMILES string of the molecule is COC[C@H](NC(=O)c1ccc(N2COCCCC2=O)c(Cl)c1)c1nc2ccc(Cl)cc2[nH]1. The molecule has 1 fully saturated rings. The summed E-state index contributed by atoms with van der Waals surface area (Å²) in [6.07, 6.45) is 1.06. The number of H-pyrrole nitrogens is 1. The number of amides is 2. The van der Waals surface area contributed by atoms with Gasteiger partial charge in [0.1, 0.15) is 18.6 Å². The van der Waals surface area contributed by atoms with Crippen molar-refractivity contribution in [1.82, 2.24) is 15.3 Å². The molecule has 0 bridgehead atoms. The summed E-state index contributed by atoms with van der Waals surface area (Å²) in [5.41, 5.74) is 2.36. The number of fused-ring (bicyclic) bond motifs is 1. The number of methoxy groups -OCH3 is 1. The first kappa shape index (κ1) is 22.5. The average Bonchev–Trinajstić information content (AvgIpc) is 3.07. The average molecular weight is 477 g/mol. The molecule has 2 amide bonds. The molecule has 2 heterocycles. The first-order valence-electron chi connectivity index (χ1n) is 10.1. The van der Waals surface area contributed by atoms with Gasteiger partial charge in [-0.15, -0.1) is 0 Å². The van der Waals surface area contributed by atoms with Gasteiger partial charge in [0.05, 0.1) is 28.4 Å². The molecule has 0 aliphatic carbocycles. The number of nitrogens with one attached hydrogen (secondary N) is 2. The number of benzene rings is 2. The molecule has 1 atom stereocenters. The van der Waals surface area contributed by atoms with E-state index in [1.54, 1.807) is 37.4 Å². The van der Waals surface area contributed by atoms with Crippen LogP contribution in [0.5, 0.6) is 0 Å². The van der Waals surface area contributed by atoms with Crippen molar-refractivity contribution in [3.63, 3.8) is 0 Å². The number of ether oxygens (including phenoxy) is 2. The van der Waals surface area contributed by atoms with Crippen LogP contribution in [0.2, 0.25) is 10.0 Å². The summed E-state index contributed by atoms with van der Waals surface area (Å²) >= 11 is 12.5. The predicted molar refractivity (Wildman–Crippen MR) is 122 cm³/mol. The Morgan fingerprint density at radius 3 is 2.94 bits per heavy atom. The van der Waals surface area contributed by atoms with Crippen molar-refractivity contribution in [3.8, 4) is 0 Å². The van der Waals surface area contributed by atoms with Gasteiger partial charge in [-0.2, -0.15) is 0 Å². The van der Waals surface area contributed by atoms with Gasteiger partial charge in [-0.05, 0) is 42.8 Å². The Kier molecular flexibility index (Phi) is 6.95. The Hall–Kier alpha value is -2.65. The van der Waals surface area contributed by atoms with Crippen LogP contribution in [-0.4, -0.2) is 48.8 Å². The summed E-state index contributed by atoms with van der Waals surface area (Å²) in [5.74, 6) is 0.136. The molecule has 0 saturated carbocycles. The van der Waals surface area contributed by atoms with E-state index in [1.165, 1.54) is 11.0 Å². The highest BCUT2D eigenvalue weighted by molar-refractivity contribution is 6.34. The minimum absolute atomic E-state index is 0.0632. The number of halogens is 2. The van der Waals surface area contributed by atoms with Gasteiger partial charge in [-0.1, -0.05) is 23.2 Å². The number of aromatic nitrogens is 2. The second-order valence-corrected chi connectivity index (χ2v) is 8.24. The molecule has 0 radical (unpaired) electrons. The molecule has 1 aliphatic rings. The summed E-state index contributed by atoms with van der Waals surface area (Å²) in [5, 5.41) is 3.79. The molecule has 0 spiro atoms. The van der Waals surface area contributed by atoms with Crippen molar-refractivity contribution in [1.29, 1.82) is 0 Å². The highest BCUT2D eigenvalue weighted by Crippen LogP contribution is 2.29. The van der Waals surface area contributed by atoms with E-state index < -0.39 is 6.04 Å². The quantitative estimate of drug-likeness (QED) is 0.558. The van der Waals surface area contributed by atoms with Gasteiger partial charge in [0.2, 0.25) is 5.91 Å². The number of hydrogen-bond acceptors (Lipinski definition) is 5. The van der Waals surface area contributed by atoms with Crippen molar-refractivity contribution in [2.75, 3.05) is 32.0 Å². The molecule has 1 aromatic heterocycles. The molecule has 10 heteroatoms. The number of anilines is 1. The third-order valence-electron chi connectivity index (χ3n) is 5.13. The van der Waals surface area contributed by atoms with E-state index in [4.69, 9.17) is 32.7 Å².